The number of anilines is 1. The van der Waals surface area contributed by atoms with Crippen LogP contribution in [0.25, 0.3) is 0 Å². The van der Waals surface area contributed by atoms with Crippen LogP contribution in [0.2, 0.25) is 5.02 Å². The second-order valence-electron chi connectivity index (χ2n) is 5.47. The van der Waals surface area contributed by atoms with Crippen LogP contribution in [0.3, 0.4) is 0 Å². The number of likely N-dealkylation sites (N-methyl/N-ethyl adjacent to an activating group) is 1. The molecule has 0 spiro atoms. The first-order valence-electron chi connectivity index (χ1n) is 7.12. The Hall–Kier alpha value is -0.910. The molecular weight excluding hydrogens is 306 g/mol. The minimum Gasteiger partial charge on any atom is -0.319 e. The van der Waals surface area contributed by atoms with Gasteiger partial charge in [0.1, 0.15) is 0 Å². The van der Waals surface area contributed by atoms with Gasteiger partial charge in [0.25, 0.3) is 0 Å². The van der Waals surface area contributed by atoms with Crippen LogP contribution in [0.5, 0.6) is 0 Å². The Balaban J connectivity index is 2.04. The van der Waals surface area contributed by atoms with E-state index in [1.165, 1.54) is 0 Å². The second kappa shape index (κ2) is 7.92. The Labute approximate surface area is 135 Å². The van der Waals surface area contributed by atoms with E-state index in [2.05, 4.69) is 10.2 Å². The number of halogens is 1. The zero-order chi connectivity index (χ0) is 15.2. The number of rotatable bonds is 3. The summed E-state index contributed by atoms with van der Waals surface area (Å²) in [6, 6.07) is 7.45. The molecule has 1 aromatic rings. The average molecular weight is 328 g/mol. The number of benzene rings is 1. The van der Waals surface area contributed by atoms with Crippen molar-refractivity contribution < 1.29 is 4.79 Å². The van der Waals surface area contributed by atoms with Gasteiger partial charge < -0.3 is 15.1 Å². The van der Waals surface area contributed by atoms with Gasteiger partial charge in [-0.25, -0.2) is 4.79 Å². The number of thioether (sulfide) groups is 1. The van der Waals surface area contributed by atoms with Crippen LogP contribution in [-0.2, 0) is 0 Å². The Kier molecular flexibility index (Phi) is 6.21. The van der Waals surface area contributed by atoms with Crippen molar-refractivity contribution in [3.05, 3.63) is 29.3 Å². The number of nitrogens with one attached hydrogen (secondary N) is 1. The minimum absolute atomic E-state index is 0.0216. The molecular formula is C15H22ClN3OS. The molecule has 0 aromatic heterocycles. The summed E-state index contributed by atoms with van der Waals surface area (Å²) in [4.78, 5) is 16.7. The third kappa shape index (κ3) is 5.09. The van der Waals surface area contributed by atoms with Crippen molar-refractivity contribution in [3.63, 3.8) is 0 Å². The molecule has 1 heterocycles. The highest BCUT2D eigenvalue weighted by molar-refractivity contribution is 7.99. The number of hydrogen-bond acceptors (Lipinski definition) is 3. The van der Waals surface area contributed by atoms with E-state index in [1.807, 2.05) is 42.9 Å². The maximum absolute atomic E-state index is 12.6. The Morgan fingerprint density at radius 2 is 2.14 bits per heavy atom. The molecule has 0 saturated carbocycles. The molecule has 6 heteroatoms. The lowest BCUT2D eigenvalue weighted by atomic mass is 10.2. The summed E-state index contributed by atoms with van der Waals surface area (Å²) in [5.74, 6) is 2.11. The molecule has 1 aliphatic heterocycles. The predicted molar refractivity (Wildman–Crippen MR) is 91.5 cm³/mol. The Bertz CT molecular complexity index is 466. The lowest BCUT2D eigenvalue weighted by molar-refractivity contribution is 0.180. The van der Waals surface area contributed by atoms with E-state index < -0.39 is 0 Å². The largest absolute Gasteiger partial charge is 0.322 e. The number of carbonyl (C=O) groups excluding carboxylic acids is 1. The molecule has 21 heavy (non-hydrogen) atoms. The molecule has 1 atom stereocenters. The van der Waals surface area contributed by atoms with Gasteiger partial charge >= 0.3 is 6.03 Å². The zero-order valence-electron chi connectivity index (χ0n) is 12.5. The molecule has 116 valence electrons. The summed E-state index contributed by atoms with van der Waals surface area (Å²) in [7, 11) is 4.09. The van der Waals surface area contributed by atoms with Crippen LogP contribution in [0, 0.1) is 0 Å². The number of carbonyl (C=O) groups is 1. The molecule has 1 aromatic carbocycles. The lowest BCUT2D eigenvalue weighted by Crippen LogP contribution is -2.48. The SMILES string of the molecule is CN(C)CC1CSCCCN1C(=O)Nc1ccc(Cl)cc1. The fourth-order valence-electron chi connectivity index (χ4n) is 2.40. The first-order chi connectivity index (χ1) is 10.1. The van der Waals surface area contributed by atoms with Crippen molar-refractivity contribution >= 4 is 35.1 Å². The summed E-state index contributed by atoms with van der Waals surface area (Å²) in [6.45, 7) is 1.70. The van der Waals surface area contributed by atoms with E-state index in [9.17, 15) is 4.79 Å². The van der Waals surface area contributed by atoms with Gasteiger partial charge in [0.05, 0.1) is 6.04 Å². The quantitative estimate of drug-likeness (QED) is 0.925. The van der Waals surface area contributed by atoms with E-state index in [0.717, 1.165) is 36.7 Å². The molecule has 4 nitrogen and oxygen atoms in total. The van der Waals surface area contributed by atoms with Gasteiger partial charge in [-0.2, -0.15) is 11.8 Å². The Morgan fingerprint density at radius 3 is 2.81 bits per heavy atom. The first kappa shape index (κ1) is 16.5. The van der Waals surface area contributed by atoms with E-state index in [1.54, 1.807) is 12.1 Å². The van der Waals surface area contributed by atoms with E-state index in [4.69, 9.17) is 11.6 Å². The standard InChI is InChI=1S/C15H22ClN3OS/c1-18(2)10-14-11-21-9-3-8-19(14)15(20)17-13-6-4-12(16)5-7-13/h4-7,14H,3,8-11H2,1-2H3,(H,17,20). The third-order valence-electron chi connectivity index (χ3n) is 3.37. The van der Waals surface area contributed by atoms with Crippen molar-refractivity contribution in [2.75, 3.05) is 44.0 Å². The molecule has 1 unspecified atom stereocenters. The number of nitrogens with zero attached hydrogens (tertiary/aromatic N) is 2. The average Bonchev–Trinajstić information content (AvgIpc) is 2.66. The number of hydrogen-bond donors (Lipinski definition) is 1. The second-order valence-corrected chi connectivity index (χ2v) is 7.06. The maximum atomic E-state index is 12.6. The van der Waals surface area contributed by atoms with Gasteiger partial charge in [0, 0.05) is 29.6 Å². The van der Waals surface area contributed by atoms with E-state index in [0.29, 0.717) is 5.02 Å². The minimum atomic E-state index is -0.0216. The van der Waals surface area contributed by atoms with Crippen molar-refractivity contribution in [2.24, 2.45) is 0 Å². The molecule has 0 bridgehead atoms. The van der Waals surface area contributed by atoms with Crippen molar-refractivity contribution in [2.45, 2.75) is 12.5 Å². The van der Waals surface area contributed by atoms with Crippen LogP contribution in [0.4, 0.5) is 10.5 Å². The fraction of sp³-hybridized carbons (Fsp3) is 0.533. The van der Waals surface area contributed by atoms with E-state index in [-0.39, 0.29) is 12.1 Å². The Morgan fingerprint density at radius 1 is 1.43 bits per heavy atom. The zero-order valence-corrected chi connectivity index (χ0v) is 14.1. The predicted octanol–water partition coefficient (Wildman–Crippen LogP) is 3.24. The highest BCUT2D eigenvalue weighted by Gasteiger charge is 2.26. The van der Waals surface area contributed by atoms with Crippen LogP contribution in [0.1, 0.15) is 6.42 Å². The number of amides is 2. The molecule has 2 rings (SSSR count). The van der Waals surface area contributed by atoms with Gasteiger partial charge in [0.2, 0.25) is 0 Å². The molecule has 1 fully saturated rings. The maximum Gasteiger partial charge on any atom is 0.322 e. The van der Waals surface area contributed by atoms with Crippen molar-refractivity contribution in [3.8, 4) is 0 Å². The molecule has 1 saturated heterocycles. The topological polar surface area (TPSA) is 35.6 Å². The van der Waals surface area contributed by atoms with Gasteiger partial charge in [-0.15, -0.1) is 0 Å². The highest BCUT2D eigenvalue weighted by atomic mass is 35.5. The molecule has 0 radical (unpaired) electrons. The summed E-state index contributed by atoms with van der Waals surface area (Å²) < 4.78 is 0. The molecule has 1 aliphatic rings. The summed E-state index contributed by atoms with van der Waals surface area (Å²) in [5, 5.41) is 3.64. The smallest absolute Gasteiger partial charge is 0.319 e. The van der Waals surface area contributed by atoms with Crippen LogP contribution in [0.15, 0.2) is 24.3 Å². The fourth-order valence-corrected chi connectivity index (χ4v) is 3.58. The van der Waals surface area contributed by atoms with Crippen LogP contribution >= 0.6 is 23.4 Å². The summed E-state index contributed by atoms with van der Waals surface area (Å²) >= 11 is 7.80. The van der Waals surface area contributed by atoms with Crippen molar-refractivity contribution in [1.29, 1.82) is 0 Å². The van der Waals surface area contributed by atoms with Gasteiger partial charge in [-0.3, -0.25) is 0 Å². The molecule has 2 amide bonds. The van der Waals surface area contributed by atoms with Gasteiger partial charge in [-0.1, -0.05) is 11.6 Å². The van der Waals surface area contributed by atoms with Gasteiger partial charge in [-0.05, 0) is 50.5 Å². The summed E-state index contributed by atoms with van der Waals surface area (Å²) in [5.41, 5.74) is 0.782. The normalized spacial score (nSPS) is 19.4. The van der Waals surface area contributed by atoms with Crippen LogP contribution < -0.4 is 5.32 Å². The summed E-state index contributed by atoms with van der Waals surface area (Å²) in [6.07, 6.45) is 1.04. The third-order valence-corrected chi connectivity index (χ3v) is 4.82. The first-order valence-corrected chi connectivity index (χ1v) is 8.65. The molecule has 1 N–H and O–H groups in total. The van der Waals surface area contributed by atoms with Gasteiger partial charge in [0.15, 0.2) is 0 Å². The highest BCUT2D eigenvalue weighted by Crippen LogP contribution is 2.19. The van der Waals surface area contributed by atoms with Crippen LogP contribution in [-0.4, -0.2) is 60.6 Å². The van der Waals surface area contributed by atoms with E-state index >= 15 is 0 Å². The number of urea groups is 1. The molecule has 0 aliphatic carbocycles. The monoisotopic (exact) mass is 327 g/mol. The van der Waals surface area contributed by atoms with Crippen molar-refractivity contribution in [1.82, 2.24) is 9.80 Å². The lowest BCUT2D eigenvalue weighted by Gasteiger charge is -2.31.